The molecule has 0 saturated carbocycles. The molecule has 0 aromatic heterocycles. The predicted octanol–water partition coefficient (Wildman–Crippen LogP) is 2.39. The van der Waals surface area contributed by atoms with E-state index in [0.717, 1.165) is 45.1 Å². The summed E-state index contributed by atoms with van der Waals surface area (Å²) < 4.78 is 13.3. The van der Waals surface area contributed by atoms with E-state index in [0.29, 0.717) is 11.6 Å². The third-order valence-corrected chi connectivity index (χ3v) is 4.81. The predicted molar refractivity (Wildman–Crippen MR) is 113 cm³/mol. The van der Waals surface area contributed by atoms with E-state index >= 15 is 0 Å². The van der Waals surface area contributed by atoms with Gasteiger partial charge in [-0.1, -0.05) is 24.3 Å². The van der Waals surface area contributed by atoms with Crippen LogP contribution in [0.2, 0.25) is 0 Å². The zero-order valence-corrected chi connectivity index (χ0v) is 17.5. The van der Waals surface area contributed by atoms with Crippen LogP contribution in [-0.4, -0.2) is 66.2 Å². The van der Waals surface area contributed by atoms with Gasteiger partial charge in [0.05, 0.1) is 12.6 Å². The summed E-state index contributed by atoms with van der Waals surface area (Å²) >= 11 is 0. The molecule has 0 spiro atoms. The number of aliphatic hydroxyl groups excluding tert-OH is 1. The molecular formula is C19H28FIN4O. The molecular weight excluding hydrogens is 446 g/mol. The normalized spacial score (nSPS) is 21.7. The lowest BCUT2D eigenvalue weighted by Gasteiger charge is -2.25. The second kappa shape index (κ2) is 10.2. The van der Waals surface area contributed by atoms with Crippen molar-refractivity contribution in [2.75, 3.05) is 39.3 Å². The largest absolute Gasteiger partial charge is 0.386 e. The molecule has 5 nitrogen and oxygen atoms in total. The van der Waals surface area contributed by atoms with Crippen LogP contribution in [0, 0.1) is 5.82 Å². The minimum Gasteiger partial charge on any atom is -0.386 e. The molecule has 2 atom stereocenters. The van der Waals surface area contributed by atoms with Gasteiger partial charge in [-0.25, -0.2) is 4.39 Å². The summed E-state index contributed by atoms with van der Waals surface area (Å²) in [7, 11) is 0. The summed E-state index contributed by atoms with van der Waals surface area (Å²) in [6.07, 6.45) is 4.76. The SMILES string of the molecule is CCNC(=NCC(O)c1cccc(F)c1)N1CCC(N2CC=CC2)C1.I. The molecule has 2 aliphatic rings. The fourth-order valence-electron chi connectivity index (χ4n) is 3.44. The lowest BCUT2D eigenvalue weighted by molar-refractivity contribution is 0.186. The first-order chi connectivity index (χ1) is 12.2. The van der Waals surface area contributed by atoms with E-state index in [2.05, 4.69) is 32.3 Å². The van der Waals surface area contributed by atoms with Gasteiger partial charge in [0.1, 0.15) is 5.82 Å². The van der Waals surface area contributed by atoms with E-state index < -0.39 is 6.10 Å². The number of aliphatic hydroxyl groups is 1. The van der Waals surface area contributed by atoms with Crippen molar-refractivity contribution in [1.29, 1.82) is 0 Å². The van der Waals surface area contributed by atoms with Crippen LogP contribution in [0.15, 0.2) is 41.4 Å². The number of benzene rings is 1. The number of likely N-dealkylation sites (tertiary alicyclic amines) is 1. The molecule has 2 aliphatic heterocycles. The average molecular weight is 474 g/mol. The zero-order valence-electron chi connectivity index (χ0n) is 15.1. The number of hydrogen-bond donors (Lipinski definition) is 2. The number of nitrogens with zero attached hydrogens (tertiary/aromatic N) is 3. The Morgan fingerprint density at radius 2 is 2.15 bits per heavy atom. The molecule has 0 bridgehead atoms. The number of guanidine groups is 1. The van der Waals surface area contributed by atoms with Gasteiger partial charge >= 0.3 is 0 Å². The molecule has 2 N–H and O–H groups in total. The summed E-state index contributed by atoms with van der Waals surface area (Å²) in [5.74, 6) is 0.488. The Labute approximate surface area is 172 Å². The number of nitrogens with one attached hydrogen (secondary N) is 1. The third kappa shape index (κ3) is 5.40. The molecule has 0 amide bonds. The highest BCUT2D eigenvalue weighted by Gasteiger charge is 2.29. The van der Waals surface area contributed by atoms with Gasteiger partial charge in [0.25, 0.3) is 0 Å². The van der Waals surface area contributed by atoms with Gasteiger partial charge in [0, 0.05) is 38.8 Å². The van der Waals surface area contributed by atoms with Crippen molar-refractivity contribution < 1.29 is 9.50 Å². The number of aliphatic imine (C=N–C) groups is 1. The first-order valence-electron chi connectivity index (χ1n) is 9.03. The number of hydrogen-bond acceptors (Lipinski definition) is 3. The highest BCUT2D eigenvalue weighted by Crippen LogP contribution is 2.19. The van der Waals surface area contributed by atoms with Gasteiger partial charge in [-0.2, -0.15) is 0 Å². The second-order valence-corrected chi connectivity index (χ2v) is 6.58. The summed E-state index contributed by atoms with van der Waals surface area (Å²) in [6, 6.07) is 6.62. The van der Waals surface area contributed by atoms with E-state index in [1.807, 2.05) is 6.92 Å². The van der Waals surface area contributed by atoms with Crippen LogP contribution in [0.1, 0.15) is 25.0 Å². The number of halogens is 2. The van der Waals surface area contributed by atoms with Gasteiger partial charge in [-0.05, 0) is 31.0 Å². The van der Waals surface area contributed by atoms with E-state index in [1.54, 1.807) is 12.1 Å². The molecule has 1 saturated heterocycles. The van der Waals surface area contributed by atoms with Crippen LogP contribution in [0.3, 0.4) is 0 Å². The zero-order chi connectivity index (χ0) is 17.6. The van der Waals surface area contributed by atoms with Gasteiger partial charge in [0.15, 0.2) is 5.96 Å². The third-order valence-electron chi connectivity index (χ3n) is 4.81. The molecule has 3 rings (SSSR count). The molecule has 0 aliphatic carbocycles. The van der Waals surface area contributed by atoms with Crippen molar-refractivity contribution >= 4 is 29.9 Å². The molecule has 1 aromatic rings. The fourth-order valence-corrected chi connectivity index (χ4v) is 3.44. The average Bonchev–Trinajstić information content (AvgIpc) is 3.29. The molecule has 26 heavy (non-hydrogen) atoms. The highest BCUT2D eigenvalue weighted by atomic mass is 127. The second-order valence-electron chi connectivity index (χ2n) is 6.58. The first-order valence-corrected chi connectivity index (χ1v) is 9.03. The molecule has 2 unspecified atom stereocenters. The summed E-state index contributed by atoms with van der Waals surface area (Å²) in [6.45, 7) is 7.01. The van der Waals surface area contributed by atoms with Crippen LogP contribution in [0.5, 0.6) is 0 Å². The Hall–Kier alpha value is -1.19. The minimum absolute atomic E-state index is 0. The van der Waals surface area contributed by atoms with Gasteiger partial charge < -0.3 is 15.3 Å². The molecule has 2 heterocycles. The maximum Gasteiger partial charge on any atom is 0.194 e. The van der Waals surface area contributed by atoms with E-state index in [1.165, 1.54) is 12.1 Å². The fraction of sp³-hybridized carbons (Fsp3) is 0.526. The minimum atomic E-state index is -0.800. The molecule has 0 radical (unpaired) electrons. The van der Waals surface area contributed by atoms with Crippen LogP contribution >= 0.6 is 24.0 Å². The Balaban J connectivity index is 0.00000243. The smallest absolute Gasteiger partial charge is 0.194 e. The monoisotopic (exact) mass is 474 g/mol. The van der Waals surface area contributed by atoms with Crippen LogP contribution < -0.4 is 5.32 Å². The van der Waals surface area contributed by atoms with Crippen LogP contribution in [-0.2, 0) is 0 Å². The van der Waals surface area contributed by atoms with E-state index in [9.17, 15) is 9.50 Å². The number of rotatable bonds is 5. The summed E-state index contributed by atoms with van der Waals surface area (Å²) in [5.41, 5.74) is 0.557. The molecule has 144 valence electrons. The van der Waals surface area contributed by atoms with Crippen molar-refractivity contribution in [2.45, 2.75) is 25.5 Å². The Kier molecular flexibility index (Phi) is 8.30. The van der Waals surface area contributed by atoms with Crippen LogP contribution in [0.25, 0.3) is 0 Å². The summed E-state index contributed by atoms with van der Waals surface area (Å²) in [5, 5.41) is 13.6. The maximum absolute atomic E-state index is 13.3. The Bertz CT molecular complexity index is 632. The molecule has 7 heteroatoms. The Morgan fingerprint density at radius 3 is 2.85 bits per heavy atom. The van der Waals surface area contributed by atoms with Crippen molar-refractivity contribution in [3.05, 3.63) is 47.8 Å². The highest BCUT2D eigenvalue weighted by molar-refractivity contribution is 14.0. The van der Waals surface area contributed by atoms with Crippen LogP contribution in [0.4, 0.5) is 4.39 Å². The van der Waals surface area contributed by atoms with Crippen molar-refractivity contribution in [1.82, 2.24) is 15.1 Å². The van der Waals surface area contributed by atoms with Crippen molar-refractivity contribution in [3.8, 4) is 0 Å². The van der Waals surface area contributed by atoms with Crippen molar-refractivity contribution in [3.63, 3.8) is 0 Å². The molecule has 1 aromatic carbocycles. The van der Waals surface area contributed by atoms with E-state index in [4.69, 9.17) is 0 Å². The van der Waals surface area contributed by atoms with Crippen molar-refractivity contribution in [2.24, 2.45) is 4.99 Å². The molecule has 1 fully saturated rings. The maximum atomic E-state index is 13.3. The first kappa shape index (κ1) is 21.1. The van der Waals surface area contributed by atoms with Gasteiger partial charge in [0.2, 0.25) is 0 Å². The lowest BCUT2D eigenvalue weighted by Crippen LogP contribution is -2.43. The topological polar surface area (TPSA) is 51.1 Å². The Morgan fingerprint density at radius 1 is 1.38 bits per heavy atom. The standard InChI is InChI=1S/C19H27FN4O.HI/c1-2-21-19(22-13-18(25)15-6-5-7-16(20)12-15)24-11-8-17(14-24)23-9-3-4-10-23;/h3-7,12,17-18,25H,2,8-11,13-14H2,1H3,(H,21,22);1H. The quantitative estimate of drug-likeness (QED) is 0.298. The van der Waals surface area contributed by atoms with E-state index in [-0.39, 0.29) is 36.3 Å². The van der Waals surface area contributed by atoms with Gasteiger partial charge in [-0.3, -0.25) is 9.89 Å². The lowest BCUT2D eigenvalue weighted by atomic mass is 10.1. The van der Waals surface area contributed by atoms with Gasteiger partial charge in [-0.15, -0.1) is 24.0 Å². The summed E-state index contributed by atoms with van der Waals surface area (Å²) in [4.78, 5) is 9.32.